The topological polar surface area (TPSA) is 84.9 Å². The third-order valence-corrected chi connectivity index (χ3v) is 5.89. The average molecular weight is 421 g/mol. The van der Waals surface area contributed by atoms with Gasteiger partial charge in [0.05, 0.1) is 13.7 Å². The van der Waals surface area contributed by atoms with Gasteiger partial charge >= 0.3 is 5.97 Å². The normalized spacial score (nSPS) is 13.5. The van der Waals surface area contributed by atoms with Gasteiger partial charge in [-0.1, -0.05) is 23.9 Å². The van der Waals surface area contributed by atoms with Gasteiger partial charge in [-0.15, -0.1) is 11.3 Å². The summed E-state index contributed by atoms with van der Waals surface area (Å²) < 4.78 is 10.4. The number of amides is 2. The minimum absolute atomic E-state index is 0.0378. The summed E-state index contributed by atoms with van der Waals surface area (Å²) in [5, 5.41) is 4.87. The Bertz CT molecular complexity index is 879. The lowest BCUT2D eigenvalue weighted by atomic mass is 10.0. The van der Waals surface area contributed by atoms with Crippen molar-refractivity contribution in [2.45, 2.75) is 6.92 Å². The lowest BCUT2D eigenvalue weighted by Crippen LogP contribution is -2.33. The number of esters is 1. The molecule has 2 aromatic rings. The average Bonchev–Trinajstić information content (AvgIpc) is 3.28. The minimum Gasteiger partial charge on any atom is -0.497 e. The summed E-state index contributed by atoms with van der Waals surface area (Å²) in [7, 11) is 1.58. The first-order chi connectivity index (χ1) is 13.5. The van der Waals surface area contributed by atoms with Crippen LogP contribution < -0.4 is 10.1 Å². The summed E-state index contributed by atoms with van der Waals surface area (Å²) >= 11 is 2.45. The van der Waals surface area contributed by atoms with Crippen molar-refractivity contribution in [3.63, 3.8) is 0 Å². The minimum atomic E-state index is -0.502. The van der Waals surface area contributed by atoms with Gasteiger partial charge in [-0.2, -0.15) is 0 Å². The maximum absolute atomic E-state index is 12.6. The smallest absolute Gasteiger partial charge is 0.341 e. The van der Waals surface area contributed by atoms with E-state index in [9.17, 15) is 14.4 Å². The molecule has 1 N–H and O–H groups in total. The van der Waals surface area contributed by atoms with Crippen molar-refractivity contribution in [3.8, 4) is 16.9 Å². The van der Waals surface area contributed by atoms with Crippen LogP contribution in [0.15, 0.2) is 29.6 Å². The van der Waals surface area contributed by atoms with E-state index in [-0.39, 0.29) is 24.3 Å². The lowest BCUT2D eigenvalue weighted by molar-refractivity contribution is -0.116. The fourth-order valence-electron chi connectivity index (χ4n) is 2.75. The Kier molecular flexibility index (Phi) is 6.58. The second kappa shape index (κ2) is 9.11. The Morgan fingerprint density at radius 1 is 1.25 bits per heavy atom. The van der Waals surface area contributed by atoms with Gasteiger partial charge in [0.15, 0.2) is 0 Å². The van der Waals surface area contributed by atoms with Crippen molar-refractivity contribution in [1.29, 1.82) is 0 Å². The van der Waals surface area contributed by atoms with Crippen LogP contribution in [-0.4, -0.2) is 54.6 Å². The van der Waals surface area contributed by atoms with E-state index >= 15 is 0 Å². The van der Waals surface area contributed by atoms with Crippen LogP contribution in [0.3, 0.4) is 0 Å². The predicted molar refractivity (Wildman–Crippen MR) is 110 cm³/mol. The van der Waals surface area contributed by atoms with Crippen LogP contribution in [-0.2, 0) is 9.53 Å². The number of thioether (sulfide) groups is 1. The highest BCUT2D eigenvalue weighted by molar-refractivity contribution is 8.13. The third kappa shape index (κ3) is 4.48. The van der Waals surface area contributed by atoms with Crippen molar-refractivity contribution >= 4 is 45.2 Å². The quantitative estimate of drug-likeness (QED) is 0.688. The molecular weight excluding hydrogens is 400 g/mol. The van der Waals surface area contributed by atoms with Crippen LogP contribution in [0.4, 0.5) is 9.80 Å². The predicted octanol–water partition coefficient (Wildman–Crippen LogP) is 3.71. The SMILES string of the molecule is CCOC(=O)c1c(-c2ccc(OC)cc2)csc1NC(=O)CN1CCSC1=O. The first kappa shape index (κ1) is 20.2. The van der Waals surface area contributed by atoms with Gasteiger partial charge in [-0.05, 0) is 24.6 Å². The van der Waals surface area contributed by atoms with Gasteiger partial charge in [0.2, 0.25) is 5.91 Å². The van der Waals surface area contributed by atoms with E-state index in [0.717, 1.165) is 5.56 Å². The maximum Gasteiger partial charge on any atom is 0.341 e. The van der Waals surface area contributed by atoms with E-state index in [0.29, 0.717) is 34.2 Å². The van der Waals surface area contributed by atoms with Crippen LogP contribution >= 0.6 is 23.1 Å². The number of ether oxygens (including phenoxy) is 2. The molecule has 2 amide bonds. The van der Waals surface area contributed by atoms with Gasteiger partial charge in [0.1, 0.15) is 22.9 Å². The van der Waals surface area contributed by atoms with Crippen LogP contribution in [0, 0.1) is 0 Å². The number of benzene rings is 1. The number of nitrogens with one attached hydrogen (secondary N) is 1. The molecule has 148 valence electrons. The standard InChI is InChI=1S/C19H20N2O5S2/c1-3-26-18(23)16-14(12-4-6-13(25-2)7-5-12)11-28-17(16)20-15(22)10-21-8-9-27-19(21)24/h4-7,11H,3,8-10H2,1-2H3,(H,20,22). The fraction of sp³-hybridized carbons (Fsp3) is 0.316. The molecule has 1 aliphatic heterocycles. The Balaban J connectivity index is 1.85. The van der Waals surface area contributed by atoms with Gasteiger partial charge in [-0.25, -0.2) is 4.79 Å². The molecule has 0 aliphatic carbocycles. The molecule has 0 saturated carbocycles. The number of nitrogens with zero attached hydrogens (tertiary/aromatic N) is 1. The second-order valence-corrected chi connectivity index (χ2v) is 7.81. The van der Waals surface area contributed by atoms with Crippen molar-refractivity contribution in [1.82, 2.24) is 4.90 Å². The number of hydrogen-bond donors (Lipinski definition) is 1. The first-order valence-corrected chi connectivity index (χ1v) is 10.5. The molecule has 28 heavy (non-hydrogen) atoms. The molecule has 0 bridgehead atoms. The number of carbonyl (C=O) groups is 3. The lowest BCUT2D eigenvalue weighted by Gasteiger charge is -2.14. The molecule has 0 atom stereocenters. The molecule has 1 aromatic heterocycles. The van der Waals surface area contributed by atoms with Crippen molar-refractivity contribution < 1.29 is 23.9 Å². The van der Waals surface area contributed by atoms with E-state index in [2.05, 4.69) is 5.32 Å². The number of hydrogen-bond acceptors (Lipinski definition) is 7. The Hall–Kier alpha value is -2.52. The van der Waals surface area contributed by atoms with Crippen molar-refractivity contribution in [2.75, 3.05) is 37.9 Å². The van der Waals surface area contributed by atoms with Gasteiger partial charge in [-0.3, -0.25) is 9.59 Å². The van der Waals surface area contributed by atoms with E-state index in [1.54, 1.807) is 31.5 Å². The highest BCUT2D eigenvalue weighted by atomic mass is 32.2. The Morgan fingerprint density at radius 2 is 2.00 bits per heavy atom. The number of methoxy groups -OCH3 is 1. The molecule has 0 radical (unpaired) electrons. The van der Waals surface area contributed by atoms with E-state index in [4.69, 9.17) is 9.47 Å². The highest BCUT2D eigenvalue weighted by Crippen LogP contribution is 2.37. The highest BCUT2D eigenvalue weighted by Gasteiger charge is 2.26. The van der Waals surface area contributed by atoms with Crippen molar-refractivity contribution in [3.05, 3.63) is 35.2 Å². The fourth-order valence-corrected chi connectivity index (χ4v) is 4.55. The molecule has 1 aromatic carbocycles. The largest absolute Gasteiger partial charge is 0.497 e. The number of thiophene rings is 1. The first-order valence-electron chi connectivity index (χ1n) is 8.68. The molecule has 1 saturated heterocycles. The maximum atomic E-state index is 12.6. The van der Waals surface area contributed by atoms with Crippen molar-refractivity contribution in [2.24, 2.45) is 0 Å². The van der Waals surface area contributed by atoms with Crippen LogP contribution in [0.25, 0.3) is 11.1 Å². The monoisotopic (exact) mass is 420 g/mol. The Morgan fingerprint density at radius 3 is 2.61 bits per heavy atom. The summed E-state index contributed by atoms with van der Waals surface area (Å²) in [6, 6.07) is 7.29. The van der Waals surface area contributed by atoms with E-state index in [1.165, 1.54) is 28.0 Å². The molecule has 0 unspecified atom stereocenters. The molecule has 2 heterocycles. The van der Waals surface area contributed by atoms with Gasteiger partial charge in [0.25, 0.3) is 5.24 Å². The number of anilines is 1. The number of rotatable bonds is 7. The van der Waals surface area contributed by atoms with Gasteiger partial charge in [0, 0.05) is 23.2 Å². The van der Waals surface area contributed by atoms with E-state index < -0.39 is 5.97 Å². The van der Waals surface area contributed by atoms with Crippen LogP contribution in [0.1, 0.15) is 17.3 Å². The molecule has 1 aliphatic rings. The summed E-state index contributed by atoms with van der Waals surface area (Å²) in [5.74, 6) is 0.543. The summed E-state index contributed by atoms with van der Waals surface area (Å²) in [4.78, 5) is 38.1. The molecule has 3 rings (SSSR count). The summed E-state index contributed by atoms with van der Waals surface area (Å²) in [6.45, 7) is 2.46. The van der Waals surface area contributed by atoms with Crippen LogP contribution in [0.5, 0.6) is 5.75 Å². The zero-order chi connectivity index (χ0) is 20.1. The third-order valence-electron chi connectivity index (χ3n) is 4.10. The zero-order valence-electron chi connectivity index (χ0n) is 15.5. The molecule has 0 spiro atoms. The number of carbonyl (C=O) groups excluding carboxylic acids is 3. The van der Waals surface area contributed by atoms with Crippen LogP contribution in [0.2, 0.25) is 0 Å². The molecule has 1 fully saturated rings. The second-order valence-electron chi connectivity index (χ2n) is 5.89. The summed E-state index contributed by atoms with van der Waals surface area (Å²) in [5.41, 5.74) is 1.80. The molecule has 9 heteroatoms. The van der Waals surface area contributed by atoms with E-state index in [1.807, 2.05) is 12.1 Å². The summed E-state index contributed by atoms with van der Waals surface area (Å²) in [6.07, 6.45) is 0. The molecule has 7 nitrogen and oxygen atoms in total. The Labute approximate surface area is 171 Å². The van der Waals surface area contributed by atoms with Gasteiger partial charge < -0.3 is 19.7 Å². The molecular formula is C19H20N2O5S2. The zero-order valence-corrected chi connectivity index (χ0v) is 17.2.